The summed E-state index contributed by atoms with van der Waals surface area (Å²) in [6.07, 6.45) is 0. The van der Waals surface area contributed by atoms with E-state index < -0.39 is 11.8 Å². The number of carbonyl (C=O) groups excluding carboxylic acids is 1. The van der Waals surface area contributed by atoms with Crippen molar-refractivity contribution in [2.75, 3.05) is 12.4 Å². The maximum Gasteiger partial charge on any atom is 0.319 e. The van der Waals surface area contributed by atoms with Gasteiger partial charge in [0.2, 0.25) is 0 Å². The third-order valence-electron chi connectivity index (χ3n) is 1.58. The van der Waals surface area contributed by atoms with Crippen LogP contribution in [-0.2, 0) is 0 Å². The fourth-order valence-electron chi connectivity index (χ4n) is 0.953. The monoisotopic (exact) mass is 232 g/mol. The van der Waals surface area contributed by atoms with Crippen molar-refractivity contribution < 1.29 is 13.6 Å². The van der Waals surface area contributed by atoms with Crippen molar-refractivity contribution in [1.82, 2.24) is 5.32 Å². The van der Waals surface area contributed by atoms with E-state index in [9.17, 15) is 13.6 Å². The summed E-state index contributed by atoms with van der Waals surface area (Å²) in [5, 5.41) is 4.81. The lowest BCUT2D eigenvalue weighted by molar-refractivity contribution is 0.251. The van der Waals surface area contributed by atoms with Gasteiger partial charge < -0.3 is 10.6 Å². The molecule has 82 valence electrons. The molecule has 0 spiro atoms. The molecule has 1 rings (SSSR count). The van der Waals surface area contributed by atoms with Gasteiger partial charge in [0.05, 0.1) is 5.69 Å². The molecular formula is C9H10F2N2OS. The summed E-state index contributed by atoms with van der Waals surface area (Å²) in [5.41, 5.74) is 0.377. The minimum absolute atomic E-state index is 0.344. The normalized spacial score (nSPS) is 10.1. The topological polar surface area (TPSA) is 41.1 Å². The predicted octanol–water partition coefficient (Wildman–Crippen LogP) is 2.75. The van der Waals surface area contributed by atoms with Crippen LogP contribution in [0.2, 0.25) is 0 Å². The van der Waals surface area contributed by atoms with E-state index in [2.05, 4.69) is 10.6 Å². The molecule has 0 aliphatic rings. The number of anilines is 1. The van der Waals surface area contributed by atoms with E-state index in [4.69, 9.17) is 0 Å². The van der Waals surface area contributed by atoms with Crippen LogP contribution in [0.1, 0.15) is 0 Å². The van der Waals surface area contributed by atoms with Crippen LogP contribution in [0.25, 0.3) is 0 Å². The summed E-state index contributed by atoms with van der Waals surface area (Å²) in [5.74, 6) is -2.50. The second-order valence-electron chi connectivity index (χ2n) is 2.58. The molecule has 0 bridgehead atoms. The highest BCUT2D eigenvalue weighted by Crippen LogP contribution is 2.31. The van der Waals surface area contributed by atoms with Crippen LogP contribution in [0, 0.1) is 0 Å². The van der Waals surface area contributed by atoms with Crippen molar-refractivity contribution in [2.45, 2.75) is 10.7 Å². The fourth-order valence-corrected chi connectivity index (χ4v) is 1.55. The van der Waals surface area contributed by atoms with Crippen LogP contribution >= 0.6 is 11.8 Å². The first-order chi connectivity index (χ1) is 7.13. The number of hydrogen-bond donors (Lipinski definition) is 2. The Morgan fingerprint density at radius 1 is 1.40 bits per heavy atom. The summed E-state index contributed by atoms with van der Waals surface area (Å²) >= 11 is 0.402. The minimum atomic E-state index is -2.50. The van der Waals surface area contributed by atoms with Gasteiger partial charge >= 0.3 is 6.03 Å². The Kier molecular flexibility index (Phi) is 4.36. The van der Waals surface area contributed by atoms with Gasteiger partial charge in [-0.3, -0.25) is 0 Å². The van der Waals surface area contributed by atoms with E-state index in [0.717, 1.165) is 0 Å². The van der Waals surface area contributed by atoms with Gasteiger partial charge in [-0.2, -0.15) is 8.78 Å². The molecule has 0 unspecified atom stereocenters. The summed E-state index contributed by atoms with van der Waals surface area (Å²) < 4.78 is 24.3. The number of halogens is 2. The van der Waals surface area contributed by atoms with Gasteiger partial charge in [0, 0.05) is 11.9 Å². The SMILES string of the molecule is CNC(=O)Nc1ccccc1SC(F)F. The zero-order valence-corrected chi connectivity index (χ0v) is 8.78. The quantitative estimate of drug-likeness (QED) is 0.787. The molecule has 0 heterocycles. The van der Waals surface area contributed by atoms with E-state index in [-0.39, 0.29) is 0 Å². The Labute approximate surface area is 90.2 Å². The van der Waals surface area contributed by atoms with Crippen molar-refractivity contribution in [3.8, 4) is 0 Å². The van der Waals surface area contributed by atoms with Crippen LogP contribution in [0.3, 0.4) is 0 Å². The number of benzene rings is 1. The molecule has 1 aromatic rings. The first-order valence-electron chi connectivity index (χ1n) is 4.16. The average Bonchev–Trinajstić information content (AvgIpc) is 2.20. The molecule has 2 amide bonds. The van der Waals surface area contributed by atoms with Crippen molar-refractivity contribution in [3.05, 3.63) is 24.3 Å². The predicted molar refractivity (Wildman–Crippen MR) is 56.4 cm³/mol. The fraction of sp³-hybridized carbons (Fsp3) is 0.222. The van der Waals surface area contributed by atoms with Gasteiger partial charge in [-0.15, -0.1) is 0 Å². The molecule has 0 aliphatic carbocycles. The molecule has 0 saturated carbocycles. The second kappa shape index (κ2) is 5.55. The lowest BCUT2D eigenvalue weighted by Gasteiger charge is -2.09. The number of rotatable bonds is 3. The number of carbonyl (C=O) groups is 1. The Balaban J connectivity index is 2.81. The highest BCUT2D eigenvalue weighted by molar-refractivity contribution is 7.99. The number of nitrogens with one attached hydrogen (secondary N) is 2. The summed E-state index contributed by atoms with van der Waals surface area (Å²) in [6, 6.07) is 5.97. The van der Waals surface area contributed by atoms with Crippen molar-refractivity contribution >= 4 is 23.5 Å². The van der Waals surface area contributed by atoms with E-state index >= 15 is 0 Å². The number of hydrogen-bond acceptors (Lipinski definition) is 2. The van der Waals surface area contributed by atoms with Gasteiger partial charge in [0.25, 0.3) is 5.76 Å². The number of para-hydroxylation sites is 1. The third-order valence-corrected chi connectivity index (χ3v) is 2.37. The van der Waals surface area contributed by atoms with Gasteiger partial charge in [-0.25, -0.2) is 4.79 Å². The highest BCUT2D eigenvalue weighted by Gasteiger charge is 2.10. The molecule has 0 atom stereocenters. The maximum atomic E-state index is 12.2. The van der Waals surface area contributed by atoms with E-state index in [0.29, 0.717) is 22.3 Å². The van der Waals surface area contributed by atoms with Gasteiger partial charge in [-0.05, 0) is 12.1 Å². The molecule has 0 aliphatic heterocycles. The van der Waals surface area contributed by atoms with Crippen LogP contribution < -0.4 is 10.6 Å². The van der Waals surface area contributed by atoms with Crippen LogP contribution in [0.4, 0.5) is 19.3 Å². The van der Waals surface area contributed by atoms with Gasteiger partial charge in [-0.1, -0.05) is 23.9 Å². The number of alkyl halides is 2. The molecule has 3 nitrogen and oxygen atoms in total. The van der Waals surface area contributed by atoms with E-state index in [1.807, 2.05) is 0 Å². The van der Waals surface area contributed by atoms with E-state index in [1.54, 1.807) is 18.2 Å². The third kappa shape index (κ3) is 3.75. The highest BCUT2D eigenvalue weighted by atomic mass is 32.2. The zero-order valence-electron chi connectivity index (χ0n) is 7.96. The Hall–Kier alpha value is -1.30. The standard InChI is InChI=1S/C9H10F2N2OS/c1-12-9(14)13-6-4-2-3-5-7(6)15-8(10)11/h2-5,8H,1H3,(H2,12,13,14). The summed E-state index contributed by atoms with van der Waals surface area (Å²) in [7, 11) is 1.46. The molecule has 1 aromatic carbocycles. The van der Waals surface area contributed by atoms with Crippen molar-refractivity contribution in [2.24, 2.45) is 0 Å². The first kappa shape index (κ1) is 11.8. The molecule has 2 N–H and O–H groups in total. The van der Waals surface area contributed by atoms with Gasteiger partial charge in [0.1, 0.15) is 0 Å². The van der Waals surface area contributed by atoms with Crippen LogP contribution in [-0.4, -0.2) is 18.8 Å². The molecule has 6 heteroatoms. The first-order valence-corrected chi connectivity index (χ1v) is 5.04. The Morgan fingerprint density at radius 3 is 2.67 bits per heavy atom. The molecule has 0 fully saturated rings. The minimum Gasteiger partial charge on any atom is -0.341 e. The number of amides is 2. The summed E-state index contributed by atoms with van der Waals surface area (Å²) in [6.45, 7) is 0. The lowest BCUT2D eigenvalue weighted by Crippen LogP contribution is -2.24. The second-order valence-corrected chi connectivity index (χ2v) is 3.61. The number of urea groups is 1. The molecular weight excluding hydrogens is 222 g/mol. The molecule has 0 aromatic heterocycles. The smallest absolute Gasteiger partial charge is 0.319 e. The zero-order chi connectivity index (χ0) is 11.3. The molecule has 0 saturated heterocycles. The van der Waals surface area contributed by atoms with Crippen molar-refractivity contribution in [1.29, 1.82) is 0 Å². The van der Waals surface area contributed by atoms with Crippen LogP contribution in [0.15, 0.2) is 29.2 Å². The summed E-state index contributed by atoms with van der Waals surface area (Å²) in [4.78, 5) is 11.3. The Bertz CT molecular complexity index is 347. The lowest BCUT2D eigenvalue weighted by atomic mass is 10.3. The average molecular weight is 232 g/mol. The largest absolute Gasteiger partial charge is 0.341 e. The molecule has 15 heavy (non-hydrogen) atoms. The Morgan fingerprint density at radius 2 is 2.07 bits per heavy atom. The van der Waals surface area contributed by atoms with Gasteiger partial charge in [0.15, 0.2) is 0 Å². The maximum absolute atomic E-state index is 12.2. The van der Waals surface area contributed by atoms with Crippen molar-refractivity contribution in [3.63, 3.8) is 0 Å². The number of thioether (sulfide) groups is 1. The molecule has 0 radical (unpaired) electrons. The van der Waals surface area contributed by atoms with Crippen LogP contribution in [0.5, 0.6) is 0 Å². The van der Waals surface area contributed by atoms with E-state index in [1.165, 1.54) is 13.1 Å².